The van der Waals surface area contributed by atoms with Gasteiger partial charge in [0.15, 0.2) is 0 Å². The van der Waals surface area contributed by atoms with Crippen molar-refractivity contribution in [2.75, 3.05) is 0 Å². The molecule has 27 heavy (non-hydrogen) atoms. The molecule has 0 unspecified atom stereocenters. The van der Waals surface area contributed by atoms with Crippen LogP contribution in [0.3, 0.4) is 0 Å². The molecule has 4 nitrogen and oxygen atoms in total. The number of carbonyl (C=O) groups is 2. The minimum absolute atomic E-state index is 0.0772. The van der Waals surface area contributed by atoms with E-state index >= 15 is 0 Å². The van der Waals surface area contributed by atoms with E-state index in [0.717, 1.165) is 19.3 Å². The Morgan fingerprint density at radius 2 is 1.70 bits per heavy atom. The number of fused-ring (bicyclic) bond motifs is 1. The minimum atomic E-state index is -4.96. The zero-order chi connectivity index (χ0) is 19.9. The lowest BCUT2D eigenvalue weighted by atomic mass is 9.97. The fraction of sp³-hybridized carbons (Fsp3) is 0.500. The number of benzene rings is 1. The number of carbonyl (C=O) groups excluding carboxylic acids is 2. The van der Waals surface area contributed by atoms with Crippen LogP contribution >= 0.6 is 0 Å². The largest absolute Gasteiger partial charge is 0.454 e. The molecule has 1 saturated heterocycles. The van der Waals surface area contributed by atoms with Gasteiger partial charge >= 0.3 is 6.18 Å². The van der Waals surface area contributed by atoms with Gasteiger partial charge in [-0.3, -0.25) is 9.59 Å². The summed E-state index contributed by atoms with van der Waals surface area (Å²) < 4.78 is 40.8. The molecule has 0 N–H and O–H groups in total. The Balaban J connectivity index is 2.04. The number of amides is 1. The maximum atomic E-state index is 13.1. The van der Waals surface area contributed by atoms with Crippen LogP contribution in [0.4, 0.5) is 13.2 Å². The Kier molecular flexibility index (Phi) is 5.06. The summed E-state index contributed by atoms with van der Waals surface area (Å²) >= 11 is 0. The van der Waals surface area contributed by atoms with Crippen molar-refractivity contribution in [2.24, 2.45) is 0 Å². The molecule has 146 valence electrons. The van der Waals surface area contributed by atoms with Crippen molar-refractivity contribution in [2.45, 2.75) is 64.8 Å². The van der Waals surface area contributed by atoms with Crippen molar-refractivity contribution in [1.82, 2.24) is 9.47 Å². The average Bonchev–Trinajstić information content (AvgIpc) is 2.85. The van der Waals surface area contributed by atoms with E-state index in [9.17, 15) is 22.8 Å². The van der Waals surface area contributed by atoms with Crippen molar-refractivity contribution in [3.8, 4) is 0 Å². The van der Waals surface area contributed by atoms with Gasteiger partial charge in [-0.1, -0.05) is 18.2 Å². The lowest BCUT2D eigenvalue weighted by Gasteiger charge is -2.39. The number of alkyl halides is 3. The van der Waals surface area contributed by atoms with E-state index in [0.29, 0.717) is 5.52 Å². The maximum absolute atomic E-state index is 13.1. The van der Waals surface area contributed by atoms with Gasteiger partial charge in [-0.05, 0) is 46.1 Å². The molecule has 2 aromatic rings. The summed E-state index contributed by atoms with van der Waals surface area (Å²) in [6, 6.07) is 6.62. The van der Waals surface area contributed by atoms with Gasteiger partial charge in [0, 0.05) is 28.7 Å². The molecule has 3 rings (SSSR count). The maximum Gasteiger partial charge on any atom is 0.454 e. The summed E-state index contributed by atoms with van der Waals surface area (Å²) in [5, 5.41) is 0.227. The first-order valence-electron chi connectivity index (χ1n) is 9.13. The van der Waals surface area contributed by atoms with Gasteiger partial charge in [-0.25, -0.2) is 0 Å². The number of piperidine rings is 1. The van der Waals surface area contributed by atoms with Crippen LogP contribution < -0.4 is 0 Å². The molecule has 0 bridgehead atoms. The highest BCUT2D eigenvalue weighted by atomic mass is 19.4. The average molecular weight is 380 g/mol. The van der Waals surface area contributed by atoms with E-state index in [4.69, 9.17) is 0 Å². The van der Waals surface area contributed by atoms with Gasteiger partial charge in [0.2, 0.25) is 5.91 Å². The standard InChI is InChI=1S/C20H23F3N2O2/c1-12-7-6-8-13(2)25(12)17(26)11-24-14(3)18(19(27)20(21,22)23)15-9-4-5-10-16(15)24/h4-5,9-10,12-13H,6-8,11H2,1-3H3/t12-,13-/m0/s1. The minimum Gasteiger partial charge on any atom is -0.336 e. The van der Waals surface area contributed by atoms with Crippen molar-refractivity contribution in [1.29, 1.82) is 0 Å². The lowest BCUT2D eigenvalue weighted by Crippen LogP contribution is -2.48. The summed E-state index contributed by atoms with van der Waals surface area (Å²) in [7, 11) is 0. The Bertz CT molecular complexity index is 875. The van der Waals surface area contributed by atoms with Crippen LogP contribution in [0.2, 0.25) is 0 Å². The molecule has 0 saturated carbocycles. The van der Waals surface area contributed by atoms with Crippen molar-refractivity contribution < 1.29 is 22.8 Å². The molecule has 7 heteroatoms. The number of halogens is 3. The van der Waals surface area contributed by atoms with Gasteiger partial charge < -0.3 is 9.47 Å². The quantitative estimate of drug-likeness (QED) is 0.737. The van der Waals surface area contributed by atoms with Crippen molar-refractivity contribution >= 4 is 22.6 Å². The molecule has 1 fully saturated rings. The Labute approximate surface area is 155 Å². The van der Waals surface area contributed by atoms with Crippen LogP contribution in [0.5, 0.6) is 0 Å². The van der Waals surface area contributed by atoms with E-state index in [1.165, 1.54) is 17.6 Å². The predicted octanol–water partition coefficient (Wildman–Crippen LogP) is 4.48. The topological polar surface area (TPSA) is 42.3 Å². The number of ketones is 1. The third kappa shape index (κ3) is 3.47. The predicted molar refractivity (Wildman–Crippen MR) is 96.7 cm³/mol. The van der Waals surface area contributed by atoms with Gasteiger partial charge in [-0.2, -0.15) is 13.2 Å². The molecule has 2 atom stereocenters. The summed E-state index contributed by atoms with van der Waals surface area (Å²) in [5.41, 5.74) is 0.267. The highest BCUT2D eigenvalue weighted by molar-refractivity contribution is 6.12. The van der Waals surface area contributed by atoms with Crippen LogP contribution in [0.25, 0.3) is 10.9 Å². The van der Waals surface area contributed by atoms with E-state index < -0.39 is 12.0 Å². The van der Waals surface area contributed by atoms with Crippen molar-refractivity contribution in [3.05, 3.63) is 35.5 Å². The molecule has 0 aliphatic carbocycles. The first kappa shape index (κ1) is 19.5. The summed E-state index contributed by atoms with van der Waals surface area (Å²) in [5.74, 6) is -2.01. The molecule has 1 aromatic heterocycles. The SMILES string of the molecule is Cc1c(C(=O)C(F)(F)F)c2ccccc2n1CC(=O)N1[C@@H](C)CCC[C@@H]1C. The highest BCUT2D eigenvalue weighted by Crippen LogP contribution is 2.32. The first-order chi connectivity index (χ1) is 12.6. The molecule has 1 amide bonds. The fourth-order valence-corrected chi connectivity index (χ4v) is 4.19. The van der Waals surface area contributed by atoms with E-state index in [1.807, 2.05) is 18.7 Å². The summed E-state index contributed by atoms with van der Waals surface area (Å²) in [6.07, 6.45) is -2.07. The second-order valence-corrected chi connectivity index (χ2v) is 7.32. The summed E-state index contributed by atoms with van der Waals surface area (Å²) in [4.78, 5) is 26.8. The molecule has 2 heterocycles. The fourth-order valence-electron chi connectivity index (χ4n) is 4.19. The number of hydrogen-bond acceptors (Lipinski definition) is 2. The van der Waals surface area contributed by atoms with Crippen LogP contribution in [-0.4, -0.2) is 39.4 Å². The summed E-state index contributed by atoms with van der Waals surface area (Å²) in [6.45, 7) is 5.38. The van der Waals surface area contributed by atoms with Gasteiger partial charge in [0.05, 0.1) is 5.56 Å². The Morgan fingerprint density at radius 1 is 1.11 bits per heavy atom. The highest BCUT2D eigenvalue weighted by Gasteiger charge is 2.42. The van der Waals surface area contributed by atoms with Crippen LogP contribution in [0.15, 0.2) is 24.3 Å². The van der Waals surface area contributed by atoms with Crippen LogP contribution in [0.1, 0.15) is 49.2 Å². The zero-order valence-electron chi connectivity index (χ0n) is 15.6. The zero-order valence-corrected chi connectivity index (χ0v) is 15.6. The van der Waals surface area contributed by atoms with E-state index in [1.54, 1.807) is 18.2 Å². The third-order valence-corrected chi connectivity index (χ3v) is 5.49. The molecule has 0 radical (unpaired) electrons. The van der Waals surface area contributed by atoms with Crippen LogP contribution in [0, 0.1) is 6.92 Å². The van der Waals surface area contributed by atoms with Crippen LogP contribution in [-0.2, 0) is 11.3 Å². The normalized spacial score (nSPS) is 20.9. The third-order valence-electron chi connectivity index (χ3n) is 5.49. The Morgan fingerprint density at radius 3 is 2.30 bits per heavy atom. The molecule has 1 aliphatic heterocycles. The number of hydrogen-bond donors (Lipinski definition) is 0. The number of aromatic nitrogens is 1. The molecule has 1 aliphatic rings. The van der Waals surface area contributed by atoms with E-state index in [-0.39, 0.29) is 41.2 Å². The number of nitrogens with zero attached hydrogens (tertiary/aromatic N) is 2. The molecular formula is C20H23F3N2O2. The smallest absolute Gasteiger partial charge is 0.336 e. The Hall–Kier alpha value is -2.31. The van der Waals surface area contributed by atoms with Gasteiger partial charge in [0.25, 0.3) is 5.78 Å². The number of Topliss-reactive ketones (excluding diaryl/α,β-unsaturated/α-hetero) is 1. The molecular weight excluding hydrogens is 357 g/mol. The van der Waals surface area contributed by atoms with Gasteiger partial charge in [0.1, 0.15) is 6.54 Å². The number of para-hydroxylation sites is 1. The molecule has 1 aromatic carbocycles. The number of rotatable bonds is 3. The molecule has 0 spiro atoms. The number of likely N-dealkylation sites (tertiary alicyclic amines) is 1. The van der Waals surface area contributed by atoms with Crippen molar-refractivity contribution in [3.63, 3.8) is 0 Å². The monoisotopic (exact) mass is 380 g/mol. The second kappa shape index (κ2) is 7.02. The second-order valence-electron chi connectivity index (χ2n) is 7.32. The first-order valence-corrected chi connectivity index (χ1v) is 9.13. The van der Waals surface area contributed by atoms with E-state index in [2.05, 4.69) is 0 Å². The lowest BCUT2D eigenvalue weighted by molar-refractivity contribution is -0.137. The van der Waals surface area contributed by atoms with Gasteiger partial charge in [-0.15, -0.1) is 0 Å².